The van der Waals surface area contributed by atoms with Gasteiger partial charge in [0.25, 0.3) is 0 Å². The van der Waals surface area contributed by atoms with E-state index in [1.807, 2.05) is 0 Å². The van der Waals surface area contributed by atoms with Crippen molar-refractivity contribution < 1.29 is 0 Å². The molecule has 2 heteroatoms. The van der Waals surface area contributed by atoms with Gasteiger partial charge in [-0.05, 0) is 94.3 Å². The van der Waals surface area contributed by atoms with E-state index in [0.717, 1.165) is 34.1 Å². The number of nitrogens with zero attached hydrogens (tertiary/aromatic N) is 2. The van der Waals surface area contributed by atoms with Crippen molar-refractivity contribution in [2.75, 3.05) is 9.80 Å². The molecule has 0 unspecified atom stereocenters. The smallest absolute Gasteiger partial charge is 0.0468 e. The lowest BCUT2D eigenvalue weighted by Gasteiger charge is -2.28. The quantitative estimate of drug-likeness (QED) is 0.219. The minimum atomic E-state index is 1.11. The Labute approximate surface area is 235 Å². The van der Waals surface area contributed by atoms with Crippen LogP contribution < -0.4 is 9.80 Å². The first kappa shape index (κ1) is 23.8. The maximum atomic E-state index is 2.32. The molecule has 7 aromatic rings. The van der Waals surface area contributed by atoms with Crippen LogP contribution in [0.15, 0.2) is 170 Å². The molecule has 7 aromatic carbocycles. The third-order valence-corrected chi connectivity index (χ3v) is 7.38. The molecule has 0 saturated heterocycles. The summed E-state index contributed by atoms with van der Waals surface area (Å²) in [5, 5.41) is 4.93. The van der Waals surface area contributed by atoms with Crippen LogP contribution in [0.2, 0.25) is 0 Å². The van der Waals surface area contributed by atoms with Crippen LogP contribution in [0, 0.1) is 0 Å². The third kappa shape index (κ3) is 4.57. The Hall–Kier alpha value is -5.34. The molecule has 0 spiro atoms. The fraction of sp³-hybridized carbons (Fsp3) is 0. The Morgan fingerprint density at radius 2 is 0.525 bits per heavy atom. The lowest BCUT2D eigenvalue weighted by molar-refractivity contribution is 1.26. The first-order valence-corrected chi connectivity index (χ1v) is 13.6. The number of hydrogen-bond acceptors (Lipinski definition) is 2. The van der Waals surface area contributed by atoms with Crippen molar-refractivity contribution in [1.82, 2.24) is 0 Å². The summed E-state index contributed by atoms with van der Waals surface area (Å²) < 4.78 is 0. The fourth-order valence-electron chi connectivity index (χ4n) is 5.43. The highest BCUT2D eigenvalue weighted by Crippen LogP contribution is 2.40. The highest BCUT2D eigenvalue weighted by atomic mass is 15.2. The molecule has 0 aliphatic rings. The van der Waals surface area contributed by atoms with E-state index < -0.39 is 0 Å². The molecular formula is C38H28N2. The van der Waals surface area contributed by atoms with Crippen LogP contribution in [0.5, 0.6) is 0 Å². The van der Waals surface area contributed by atoms with Crippen molar-refractivity contribution in [2.45, 2.75) is 0 Å². The van der Waals surface area contributed by atoms with Crippen LogP contribution in [-0.2, 0) is 0 Å². The second kappa shape index (κ2) is 10.4. The molecule has 0 saturated carbocycles. The predicted molar refractivity (Wildman–Crippen MR) is 171 cm³/mol. The van der Waals surface area contributed by atoms with Crippen molar-refractivity contribution in [3.63, 3.8) is 0 Å². The van der Waals surface area contributed by atoms with Crippen molar-refractivity contribution >= 4 is 55.7 Å². The van der Waals surface area contributed by atoms with Crippen LogP contribution in [0.4, 0.5) is 34.1 Å². The third-order valence-electron chi connectivity index (χ3n) is 7.38. The molecule has 0 fully saturated rings. The van der Waals surface area contributed by atoms with Gasteiger partial charge in [0.1, 0.15) is 0 Å². The number of anilines is 6. The van der Waals surface area contributed by atoms with E-state index in [1.165, 1.54) is 21.5 Å². The zero-order chi connectivity index (χ0) is 26.7. The molecule has 40 heavy (non-hydrogen) atoms. The Kier molecular flexibility index (Phi) is 6.20. The molecule has 190 valence electrons. The van der Waals surface area contributed by atoms with Crippen LogP contribution >= 0.6 is 0 Å². The minimum absolute atomic E-state index is 1.11. The van der Waals surface area contributed by atoms with E-state index in [2.05, 4.69) is 180 Å². The first-order chi connectivity index (χ1) is 19.8. The summed E-state index contributed by atoms with van der Waals surface area (Å²) in [5.74, 6) is 0. The van der Waals surface area contributed by atoms with Crippen LogP contribution in [-0.4, -0.2) is 0 Å². The van der Waals surface area contributed by atoms with Gasteiger partial charge in [-0.2, -0.15) is 0 Å². The van der Waals surface area contributed by atoms with Gasteiger partial charge in [-0.25, -0.2) is 0 Å². The van der Waals surface area contributed by atoms with E-state index in [4.69, 9.17) is 0 Å². The van der Waals surface area contributed by atoms with Gasteiger partial charge in [-0.1, -0.05) is 97.1 Å². The molecule has 0 aromatic heterocycles. The summed E-state index contributed by atoms with van der Waals surface area (Å²) in [7, 11) is 0. The predicted octanol–water partition coefficient (Wildman–Crippen LogP) is 10.9. The van der Waals surface area contributed by atoms with Crippen molar-refractivity contribution in [1.29, 1.82) is 0 Å². The second-order valence-electron chi connectivity index (χ2n) is 9.92. The zero-order valence-corrected chi connectivity index (χ0v) is 22.1. The van der Waals surface area contributed by atoms with E-state index in [0.29, 0.717) is 0 Å². The summed E-state index contributed by atoms with van der Waals surface area (Å²) in [6, 6.07) is 60.4. The monoisotopic (exact) mass is 512 g/mol. The summed E-state index contributed by atoms with van der Waals surface area (Å²) >= 11 is 0. The number of fused-ring (bicyclic) bond motifs is 2. The summed E-state index contributed by atoms with van der Waals surface area (Å²) in [5.41, 5.74) is 6.73. The molecule has 0 radical (unpaired) electrons. The first-order valence-electron chi connectivity index (χ1n) is 13.6. The van der Waals surface area contributed by atoms with Gasteiger partial charge < -0.3 is 9.80 Å². The summed E-state index contributed by atoms with van der Waals surface area (Å²) in [4.78, 5) is 4.64. The highest BCUT2D eigenvalue weighted by Gasteiger charge is 2.16. The van der Waals surface area contributed by atoms with Gasteiger partial charge in [-0.15, -0.1) is 0 Å². The standard InChI is InChI=1S/C38H28N2/c1-3-15-33(16-4-1)39(37-21-19-29-11-7-9-13-31(29)27-37)35-23-25-36(26-24-35)40(34-17-5-2-6-18-34)38-22-20-30-12-8-10-14-32(30)28-38/h1-28H. The zero-order valence-electron chi connectivity index (χ0n) is 22.1. The summed E-state index contributed by atoms with van der Waals surface area (Å²) in [6.07, 6.45) is 0. The number of benzene rings is 7. The average molecular weight is 513 g/mol. The molecule has 0 N–H and O–H groups in total. The van der Waals surface area contributed by atoms with Crippen LogP contribution in [0.1, 0.15) is 0 Å². The topological polar surface area (TPSA) is 6.48 Å². The molecule has 0 atom stereocenters. The van der Waals surface area contributed by atoms with Crippen LogP contribution in [0.3, 0.4) is 0 Å². The fourth-order valence-corrected chi connectivity index (χ4v) is 5.43. The number of para-hydroxylation sites is 2. The van der Waals surface area contributed by atoms with E-state index in [9.17, 15) is 0 Å². The molecule has 0 aliphatic carbocycles. The maximum absolute atomic E-state index is 2.32. The van der Waals surface area contributed by atoms with Crippen molar-refractivity contribution in [2.24, 2.45) is 0 Å². The van der Waals surface area contributed by atoms with Crippen molar-refractivity contribution in [3.05, 3.63) is 170 Å². The molecule has 0 amide bonds. The van der Waals surface area contributed by atoms with E-state index >= 15 is 0 Å². The largest absolute Gasteiger partial charge is 0.310 e. The molecule has 2 nitrogen and oxygen atoms in total. The highest BCUT2D eigenvalue weighted by molar-refractivity contribution is 5.91. The van der Waals surface area contributed by atoms with Gasteiger partial charge in [0.2, 0.25) is 0 Å². The molecule has 0 bridgehead atoms. The Morgan fingerprint density at radius 3 is 0.925 bits per heavy atom. The van der Waals surface area contributed by atoms with E-state index in [-0.39, 0.29) is 0 Å². The maximum Gasteiger partial charge on any atom is 0.0468 e. The molecule has 7 rings (SSSR count). The van der Waals surface area contributed by atoms with Gasteiger partial charge in [0.15, 0.2) is 0 Å². The molecule has 0 aliphatic heterocycles. The summed E-state index contributed by atoms with van der Waals surface area (Å²) in [6.45, 7) is 0. The Morgan fingerprint density at radius 1 is 0.225 bits per heavy atom. The average Bonchev–Trinajstić information content (AvgIpc) is 3.03. The van der Waals surface area contributed by atoms with Gasteiger partial charge in [0.05, 0.1) is 0 Å². The van der Waals surface area contributed by atoms with Crippen molar-refractivity contribution in [3.8, 4) is 0 Å². The SMILES string of the molecule is c1ccc(N(c2ccc(N(c3ccccc3)c3ccc4ccccc4c3)cc2)c2ccc3ccccc3c2)cc1. The minimum Gasteiger partial charge on any atom is -0.310 e. The van der Waals surface area contributed by atoms with Gasteiger partial charge in [-0.3, -0.25) is 0 Å². The number of hydrogen-bond donors (Lipinski definition) is 0. The normalized spacial score (nSPS) is 11.0. The molecular weight excluding hydrogens is 484 g/mol. The second-order valence-corrected chi connectivity index (χ2v) is 9.92. The lowest BCUT2D eigenvalue weighted by Crippen LogP contribution is -2.12. The van der Waals surface area contributed by atoms with Gasteiger partial charge >= 0.3 is 0 Å². The Balaban J connectivity index is 1.33. The van der Waals surface area contributed by atoms with Gasteiger partial charge in [0, 0.05) is 34.1 Å². The Bertz CT molecular complexity index is 1750. The molecule has 0 heterocycles. The van der Waals surface area contributed by atoms with E-state index in [1.54, 1.807) is 0 Å². The lowest BCUT2D eigenvalue weighted by atomic mass is 10.1. The van der Waals surface area contributed by atoms with Crippen LogP contribution in [0.25, 0.3) is 21.5 Å². The number of rotatable bonds is 6.